The van der Waals surface area contributed by atoms with E-state index in [2.05, 4.69) is 211 Å². The largest absolute Gasteiger partial charge is 0.309 e. The van der Waals surface area contributed by atoms with E-state index in [0.29, 0.717) is 0 Å². The van der Waals surface area contributed by atoms with E-state index in [0.717, 1.165) is 44.9 Å². The van der Waals surface area contributed by atoms with Gasteiger partial charge in [-0.3, -0.25) is 0 Å². The molecule has 0 radical (unpaired) electrons. The normalized spacial score (nSPS) is 11.6. The molecule has 0 aliphatic rings. The average Bonchev–Trinajstić information content (AvgIpc) is 3.61. The van der Waals surface area contributed by atoms with Crippen LogP contribution in [-0.4, -0.2) is 9.55 Å². The molecular weight excluding hydrogens is 665 g/mol. The molecule has 2 heterocycles. The first-order chi connectivity index (χ1) is 27.3. The first-order valence-electron chi connectivity index (χ1n) is 18.9. The smallest absolute Gasteiger partial charge is 0.0716 e. The van der Waals surface area contributed by atoms with E-state index in [4.69, 9.17) is 4.98 Å². The lowest BCUT2D eigenvalue weighted by atomic mass is 9.91. The molecule has 2 heteroatoms. The number of aromatic nitrogens is 2. The van der Waals surface area contributed by atoms with Crippen LogP contribution in [0.5, 0.6) is 0 Å². The Morgan fingerprint density at radius 2 is 0.691 bits per heavy atom. The fourth-order valence-corrected chi connectivity index (χ4v) is 8.58. The van der Waals surface area contributed by atoms with Gasteiger partial charge in [-0.2, -0.15) is 0 Å². The molecule has 0 aliphatic carbocycles. The highest BCUT2D eigenvalue weighted by Gasteiger charge is 2.17. The van der Waals surface area contributed by atoms with E-state index < -0.39 is 0 Å². The standard InChI is InChI=1S/C53H34N2/c1-3-15-35(16-4-1)39-33-50(36-17-5-2-6-18-36)54-51(34-39)40-29-38(30-41(31-40)55-52-25-13-11-23-47(52)48-24-12-14-26-53(48)55)37-27-28-46-44-21-8-7-19-42(44)43-20-9-10-22-45(43)49(46)32-37/h1-34H. The van der Waals surface area contributed by atoms with Crippen LogP contribution in [0.25, 0.3) is 105 Å². The zero-order valence-corrected chi connectivity index (χ0v) is 30.0. The van der Waals surface area contributed by atoms with Crippen molar-refractivity contribution in [3.8, 4) is 50.5 Å². The lowest BCUT2D eigenvalue weighted by Gasteiger charge is -2.16. The Balaban J connectivity index is 1.21. The van der Waals surface area contributed by atoms with E-state index >= 15 is 0 Å². The summed E-state index contributed by atoms with van der Waals surface area (Å²) in [5, 5.41) is 10.1. The maximum Gasteiger partial charge on any atom is 0.0716 e. The quantitative estimate of drug-likeness (QED) is 0.164. The molecule has 11 aromatic rings. The van der Waals surface area contributed by atoms with Gasteiger partial charge in [0.05, 0.1) is 22.4 Å². The van der Waals surface area contributed by atoms with Gasteiger partial charge in [-0.05, 0) is 103 Å². The summed E-state index contributed by atoms with van der Waals surface area (Å²) in [6.07, 6.45) is 0. The Kier molecular flexibility index (Phi) is 7.21. The van der Waals surface area contributed by atoms with Crippen molar-refractivity contribution in [3.05, 3.63) is 206 Å². The van der Waals surface area contributed by atoms with Gasteiger partial charge in [-0.15, -0.1) is 0 Å². The minimum Gasteiger partial charge on any atom is -0.309 e. The fourth-order valence-electron chi connectivity index (χ4n) is 8.58. The fraction of sp³-hybridized carbons (Fsp3) is 0. The third-order valence-corrected chi connectivity index (χ3v) is 11.1. The molecule has 256 valence electrons. The highest BCUT2D eigenvalue weighted by molar-refractivity contribution is 6.25. The molecule has 0 saturated heterocycles. The van der Waals surface area contributed by atoms with E-state index in [1.54, 1.807) is 0 Å². The van der Waals surface area contributed by atoms with Gasteiger partial charge in [0.1, 0.15) is 0 Å². The van der Waals surface area contributed by atoms with E-state index in [1.165, 1.54) is 59.7 Å². The number of nitrogens with zero attached hydrogens (tertiary/aromatic N) is 2. The van der Waals surface area contributed by atoms with Crippen molar-refractivity contribution < 1.29 is 0 Å². The van der Waals surface area contributed by atoms with E-state index in [-0.39, 0.29) is 0 Å². The van der Waals surface area contributed by atoms with Crippen molar-refractivity contribution in [1.29, 1.82) is 0 Å². The van der Waals surface area contributed by atoms with Gasteiger partial charge in [0.25, 0.3) is 0 Å². The third kappa shape index (κ3) is 5.22. The molecule has 0 aliphatic heterocycles. The third-order valence-electron chi connectivity index (χ3n) is 11.1. The second-order valence-electron chi connectivity index (χ2n) is 14.3. The van der Waals surface area contributed by atoms with E-state index in [1.807, 2.05) is 0 Å². The number of hydrogen-bond acceptors (Lipinski definition) is 1. The van der Waals surface area contributed by atoms with Crippen molar-refractivity contribution in [2.75, 3.05) is 0 Å². The SMILES string of the molecule is c1ccc(-c2cc(-c3ccccc3)nc(-c3cc(-c4ccc5c6ccccc6c6ccccc6c5c4)cc(-n4c5ccccc5c5ccccc54)c3)c2)cc1. The van der Waals surface area contributed by atoms with Crippen molar-refractivity contribution >= 4 is 54.1 Å². The van der Waals surface area contributed by atoms with Gasteiger partial charge in [0, 0.05) is 27.6 Å². The molecule has 2 aromatic heterocycles. The van der Waals surface area contributed by atoms with Crippen LogP contribution in [0.4, 0.5) is 0 Å². The highest BCUT2D eigenvalue weighted by atomic mass is 15.0. The Morgan fingerprint density at radius 3 is 1.29 bits per heavy atom. The van der Waals surface area contributed by atoms with Gasteiger partial charge >= 0.3 is 0 Å². The maximum absolute atomic E-state index is 5.40. The average molecular weight is 699 g/mol. The van der Waals surface area contributed by atoms with Crippen molar-refractivity contribution in [1.82, 2.24) is 9.55 Å². The molecule has 0 saturated carbocycles. The molecule has 0 atom stereocenters. The minimum absolute atomic E-state index is 0.932. The lowest BCUT2D eigenvalue weighted by molar-refractivity contribution is 1.18. The van der Waals surface area contributed by atoms with Crippen molar-refractivity contribution in [2.24, 2.45) is 0 Å². The van der Waals surface area contributed by atoms with Crippen molar-refractivity contribution in [3.63, 3.8) is 0 Å². The maximum atomic E-state index is 5.40. The monoisotopic (exact) mass is 698 g/mol. The van der Waals surface area contributed by atoms with Crippen LogP contribution >= 0.6 is 0 Å². The summed E-state index contributed by atoms with van der Waals surface area (Å²) in [7, 11) is 0. The van der Waals surface area contributed by atoms with E-state index in [9.17, 15) is 0 Å². The summed E-state index contributed by atoms with van der Waals surface area (Å²) in [5.74, 6) is 0. The molecule has 2 nitrogen and oxygen atoms in total. The van der Waals surface area contributed by atoms with Gasteiger partial charge in [0.2, 0.25) is 0 Å². The number of para-hydroxylation sites is 2. The summed E-state index contributed by atoms with van der Waals surface area (Å²) in [4.78, 5) is 5.40. The summed E-state index contributed by atoms with van der Waals surface area (Å²) in [6, 6.07) is 74.7. The minimum atomic E-state index is 0.932. The second kappa shape index (κ2) is 12.7. The molecule has 9 aromatic carbocycles. The zero-order chi connectivity index (χ0) is 36.3. The number of benzene rings is 9. The number of rotatable bonds is 5. The Morgan fingerprint density at radius 1 is 0.255 bits per heavy atom. The Bertz CT molecular complexity index is 3100. The van der Waals surface area contributed by atoms with Crippen LogP contribution < -0.4 is 0 Å². The number of pyridine rings is 1. The Labute approximate surface area is 319 Å². The summed E-state index contributed by atoms with van der Waals surface area (Å²) >= 11 is 0. The first kappa shape index (κ1) is 31.3. The zero-order valence-electron chi connectivity index (χ0n) is 30.0. The molecule has 0 amide bonds. The van der Waals surface area contributed by atoms with Gasteiger partial charge in [-0.1, -0.05) is 158 Å². The van der Waals surface area contributed by atoms with Gasteiger partial charge in [-0.25, -0.2) is 4.98 Å². The molecule has 0 unspecified atom stereocenters. The number of fused-ring (bicyclic) bond motifs is 9. The second-order valence-corrected chi connectivity index (χ2v) is 14.3. The molecule has 0 spiro atoms. The predicted octanol–water partition coefficient (Wildman–Crippen LogP) is 14.3. The predicted molar refractivity (Wildman–Crippen MR) is 233 cm³/mol. The van der Waals surface area contributed by atoms with Crippen LogP contribution in [0.15, 0.2) is 206 Å². The number of hydrogen-bond donors (Lipinski definition) is 0. The summed E-state index contributed by atoms with van der Waals surface area (Å²) < 4.78 is 2.42. The molecule has 11 rings (SSSR count). The topological polar surface area (TPSA) is 17.8 Å². The van der Waals surface area contributed by atoms with Crippen LogP contribution in [0.1, 0.15) is 0 Å². The van der Waals surface area contributed by atoms with Crippen LogP contribution in [0, 0.1) is 0 Å². The molecule has 55 heavy (non-hydrogen) atoms. The van der Waals surface area contributed by atoms with Crippen LogP contribution in [0.2, 0.25) is 0 Å². The molecule has 0 fully saturated rings. The van der Waals surface area contributed by atoms with Crippen LogP contribution in [-0.2, 0) is 0 Å². The lowest BCUT2D eigenvalue weighted by Crippen LogP contribution is -1.97. The summed E-state index contributed by atoms with van der Waals surface area (Å²) in [6.45, 7) is 0. The van der Waals surface area contributed by atoms with Gasteiger partial charge < -0.3 is 4.57 Å². The first-order valence-corrected chi connectivity index (χ1v) is 18.9. The molecule has 0 N–H and O–H groups in total. The highest BCUT2D eigenvalue weighted by Crippen LogP contribution is 2.40. The Hall–Kier alpha value is -7.29. The van der Waals surface area contributed by atoms with Crippen molar-refractivity contribution in [2.45, 2.75) is 0 Å². The van der Waals surface area contributed by atoms with Crippen LogP contribution in [0.3, 0.4) is 0 Å². The summed E-state index contributed by atoms with van der Waals surface area (Å²) in [5.41, 5.74) is 12.1. The molecule has 0 bridgehead atoms. The van der Waals surface area contributed by atoms with Gasteiger partial charge in [0.15, 0.2) is 0 Å². The molecular formula is C53H34N2.